The highest BCUT2D eigenvalue weighted by Gasteiger charge is 2.29. The number of imidazole rings is 1. The van der Waals surface area contributed by atoms with Crippen LogP contribution in [0.4, 0.5) is 0 Å². The number of benzene rings is 2. The third-order valence-corrected chi connectivity index (χ3v) is 4.91. The number of rotatable bonds is 3. The molecule has 0 fully saturated rings. The van der Waals surface area contributed by atoms with E-state index in [1.54, 1.807) is 7.11 Å². The number of hydrogen-bond acceptors (Lipinski definition) is 1. The Balaban J connectivity index is 0.00000169. The van der Waals surface area contributed by atoms with Crippen molar-refractivity contribution in [3.05, 3.63) is 65.0 Å². The second kappa shape index (κ2) is 7.11. The summed E-state index contributed by atoms with van der Waals surface area (Å²) in [5.74, 6) is 2.25. The van der Waals surface area contributed by atoms with Crippen molar-refractivity contribution in [3.63, 3.8) is 0 Å². The lowest BCUT2D eigenvalue weighted by atomic mass is 10.1. The molecule has 1 aromatic heterocycles. The molecule has 4 rings (SSSR count). The Hall–Kier alpha value is -1.59. The van der Waals surface area contributed by atoms with Gasteiger partial charge in [-0.25, -0.2) is 4.57 Å². The predicted octanol–water partition coefficient (Wildman–Crippen LogP) is 1.15. The lowest BCUT2D eigenvalue weighted by molar-refractivity contribution is -0.689. The van der Waals surface area contributed by atoms with E-state index < -0.39 is 0 Å². The molecule has 0 spiro atoms. The van der Waals surface area contributed by atoms with Crippen LogP contribution in [0.3, 0.4) is 0 Å². The van der Waals surface area contributed by atoms with Gasteiger partial charge < -0.3 is 21.7 Å². The van der Waals surface area contributed by atoms with Crippen LogP contribution in [0.15, 0.2) is 59.2 Å². The zero-order valence-corrected chi connectivity index (χ0v) is 16.5. The maximum Gasteiger partial charge on any atom is 0.262 e. The van der Waals surface area contributed by atoms with Gasteiger partial charge in [-0.2, -0.15) is 4.57 Å². The summed E-state index contributed by atoms with van der Waals surface area (Å²) in [6, 6.07) is 16.8. The number of aromatic nitrogens is 2. The molecule has 0 amide bonds. The summed E-state index contributed by atoms with van der Waals surface area (Å²) in [5, 5.41) is 0. The summed E-state index contributed by atoms with van der Waals surface area (Å²) in [7, 11) is 1.70. The summed E-state index contributed by atoms with van der Waals surface area (Å²) < 4.78 is 11.1. The van der Waals surface area contributed by atoms with Crippen LogP contribution in [0.1, 0.15) is 12.2 Å². The minimum absolute atomic E-state index is 0. The second-order valence-corrected chi connectivity index (χ2v) is 6.68. The molecule has 0 saturated heterocycles. The van der Waals surface area contributed by atoms with E-state index in [-0.39, 0.29) is 17.0 Å². The topological polar surface area (TPSA) is 18.0 Å². The van der Waals surface area contributed by atoms with Crippen molar-refractivity contribution in [2.24, 2.45) is 0 Å². The minimum Gasteiger partial charge on any atom is -1.00 e. The molecule has 0 unspecified atom stereocenters. The Morgan fingerprint density at radius 3 is 2.42 bits per heavy atom. The molecule has 24 heavy (non-hydrogen) atoms. The summed E-state index contributed by atoms with van der Waals surface area (Å²) in [4.78, 5) is 0. The van der Waals surface area contributed by atoms with Gasteiger partial charge in [-0.1, -0.05) is 15.9 Å². The fraction of sp³-hybridized carbons (Fsp3) is 0.211. The Kier molecular flexibility index (Phi) is 5.11. The maximum absolute atomic E-state index is 5.29. The molecule has 0 bridgehead atoms. The fourth-order valence-corrected chi connectivity index (χ4v) is 3.51. The maximum atomic E-state index is 5.29. The molecule has 2 heterocycles. The minimum atomic E-state index is 0. The molecule has 1 aliphatic heterocycles. The first-order valence-corrected chi connectivity index (χ1v) is 8.60. The van der Waals surface area contributed by atoms with E-state index in [1.807, 2.05) is 12.1 Å². The molecule has 0 saturated carbocycles. The Labute approximate surface area is 160 Å². The highest BCUT2D eigenvalue weighted by atomic mass is 79.9. The van der Waals surface area contributed by atoms with Gasteiger partial charge in [-0.15, -0.1) is 0 Å². The SMILES string of the molecule is COc1ccc(-n2c(-c3ccc(Br)cc3)c[n+]3c2CCC3)cc1.[Br-]. The van der Waals surface area contributed by atoms with Gasteiger partial charge in [0.05, 0.1) is 20.1 Å². The van der Waals surface area contributed by atoms with E-state index in [9.17, 15) is 0 Å². The molecular formula is C19H18Br2N2O. The number of methoxy groups -OCH3 is 1. The van der Waals surface area contributed by atoms with E-state index in [1.165, 1.54) is 29.2 Å². The van der Waals surface area contributed by atoms with Crippen molar-refractivity contribution < 1.29 is 26.3 Å². The zero-order valence-electron chi connectivity index (χ0n) is 13.4. The van der Waals surface area contributed by atoms with Gasteiger partial charge in [0.2, 0.25) is 0 Å². The van der Waals surface area contributed by atoms with Gasteiger partial charge in [-0.3, -0.25) is 0 Å². The number of nitrogens with zero attached hydrogens (tertiary/aromatic N) is 2. The third-order valence-electron chi connectivity index (χ3n) is 4.38. The van der Waals surface area contributed by atoms with E-state index in [0.29, 0.717) is 0 Å². The van der Waals surface area contributed by atoms with Gasteiger partial charge in [0.1, 0.15) is 17.6 Å². The van der Waals surface area contributed by atoms with Gasteiger partial charge in [0.15, 0.2) is 5.69 Å². The molecule has 3 aromatic rings. The first-order chi connectivity index (χ1) is 11.3. The van der Waals surface area contributed by atoms with Crippen molar-refractivity contribution in [2.45, 2.75) is 19.4 Å². The molecule has 3 nitrogen and oxygen atoms in total. The van der Waals surface area contributed by atoms with Crippen LogP contribution in [0.5, 0.6) is 5.75 Å². The standard InChI is InChI=1S/C19H18BrN2O.BrH/c1-23-17-10-8-16(9-11-17)22-18(13-21-12-2-3-19(21)22)14-4-6-15(20)7-5-14;/h4-11,13H,2-3,12H2,1H3;1H/q+1;/p-1. The van der Waals surface area contributed by atoms with Crippen LogP contribution in [0.2, 0.25) is 0 Å². The lowest BCUT2D eigenvalue weighted by Gasteiger charge is -2.06. The molecule has 0 aliphatic carbocycles. The Morgan fingerprint density at radius 2 is 1.75 bits per heavy atom. The highest BCUT2D eigenvalue weighted by molar-refractivity contribution is 9.10. The predicted molar refractivity (Wildman–Crippen MR) is 94.0 cm³/mol. The normalized spacial score (nSPS) is 12.6. The van der Waals surface area contributed by atoms with Crippen LogP contribution in [-0.4, -0.2) is 11.7 Å². The van der Waals surface area contributed by atoms with Crippen LogP contribution < -0.4 is 26.3 Å². The van der Waals surface area contributed by atoms with E-state index in [2.05, 4.69) is 67.7 Å². The van der Waals surface area contributed by atoms with Crippen molar-refractivity contribution in [1.29, 1.82) is 0 Å². The van der Waals surface area contributed by atoms with E-state index in [4.69, 9.17) is 4.74 Å². The molecule has 0 radical (unpaired) electrons. The van der Waals surface area contributed by atoms with Gasteiger partial charge >= 0.3 is 0 Å². The van der Waals surface area contributed by atoms with E-state index in [0.717, 1.165) is 23.2 Å². The number of aryl methyl sites for hydroxylation is 1. The average Bonchev–Trinajstić information content (AvgIpc) is 3.16. The van der Waals surface area contributed by atoms with E-state index >= 15 is 0 Å². The fourth-order valence-electron chi connectivity index (χ4n) is 3.25. The number of halogens is 2. The third kappa shape index (κ3) is 3.03. The molecule has 1 aliphatic rings. The summed E-state index contributed by atoms with van der Waals surface area (Å²) >= 11 is 3.52. The van der Waals surface area contributed by atoms with Gasteiger partial charge in [-0.05, 0) is 55.0 Å². The van der Waals surface area contributed by atoms with Crippen LogP contribution in [-0.2, 0) is 13.0 Å². The van der Waals surface area contributed by atoms with Gasteiger partial charge in [0, 0.05) is 10.0 Å². The summed E-state index contributed by atoms with van der Waals surface area (Å²) in [6.07, 6.45) is 4.60. The van der Waals surface area contributed by atoms with Crippen molar-refractivity contribution >= 4 is 15.9 Å². The number of fused-ring (bicyclic) bond motifs is 1. The highest BCUT2D eigenvalue weighted by Crippen LogP contribution is 2.28. The smallest absolute Gasteiger partial charge is 0.262 e. The average molecular weight is 450 g/mol. The monoisotopic (exact) mass is 448 g/mol. The largest absolute Gasteiger partial charge is 1.00 e. The molecule has 0 N–H and O–H groups in total. The van der Waals surface area contributed by atoms with Crippen molar-refractivity contribution in [3.8, 4) is 22.7 Å². The number of ether oxygens (including phenoxy) is 1. The summed E-state index contributed by atoms with van der Waals surface area (Å²) in [6.45, 7) is 1.10. The zero-order chi connectivity index (χ0) is 15.8. The van der Waals surface area contributed by atoms with Crippen molar-refractivity contribution in [2.75, 3.05) is 7.11 Å². The quantitative estimate of drug-likeness (QED) is 0.548. The number of hydrogen-bond donors (Lipinski definition) is 0. The second-order valence-electron chi connectivity index (χ2n) is 5.77. The lowest BCUT2D eigenvalue weighted by Crippen LogP contribution is -3.00. The first kappa shape index (κ1) is 17.2. The molecule has 2 aromatic carbocycles. The molecular weight excluding hydrogens is 432 g/mol. The molecule has 0 atom stereocenters. The Morgan fingerprint density at radius 1 is 1.04 bits per heavy atom. The molecule has 5 heteroatoms. The van der Waals surface area contributed by atoms with Crippen LogP contribution in [0.25, 0.3) is 16.9 Å². The summed E-state index contributed by atoms with van der Waals surface area (Å²) in [5.41, 5.74) is 3.64. The van der Waals surface area contributed by atoms with Crippen LogP contribution >= 0.6 is 15.9 Å². The Bertz CT molecular complexity index is 839. The van der Waals surface area contributed by atoms with Gasteiger partial charge in [0.25, 0.3) is 5.82 Å². The van der Waals surface area contributed by atoms with Crippen molar-refractivity contribution in [1.82, 2.24) is 4.57 Å². The molecule has 124 valence electrons. The van der Waals surface area contributed by atoms with Crippen LogP contribution in [0, 0.1) is 0 Å². The first-order valence-electron chi connectivity index (χ1n) is 7.81.